The van der Waals surface area contributed by atoms with Crippen molar-refractivity contribution in [1.29, 1.82) is 0 Å². The number of carbonyl (C=O) groups excluding carboxylic acids is 1. The third-order valence-corrected chi connectivity index (χ3v) is 5.19. The second-order valence-electron chi connectivity index (χ2n) is 6.97. The summed E-state index contributed by atoms with van der Waals surface area (Å²) in [5.74, 6) is -0.224. The first kappa shape index (κ1) is 17.9. The molecule has 0 saturated heterocycles. The molecule has 5 heteroatoms. The van der Waals surface area contributed by atoms with E-state index in [1.807, 2.05) is 18.2 Å². The molecule has 0 bridgehead atoms. The lowest BCUT2D eigenvalue weighted by Crippen LogP contribution is -2.18. The zero-order valence-electron chi connectivity index (χ0n) is 15.3. The van der Waals surface area contributed by atoms with Gasteiger partial charge in [0.15, 0.2) is 5.78 Å². The molecule has 1 N–H and O–H groups in total. The van der Waals surface area contributed by atoms with Crippen LogP contribution in [0.25, 0.3) is 0 Å². The molecule has 3 aromatic rings. The Bertz CT molecular complexity index is 1030. The highest BCUT2D eigenvalue weighted by Crippen LogP contribution is 2.35. The van der Waals surface area contributed by atoms with Crippen LogP contribution in [0.2, 0.25) is 0 Å². The zero-order chi connectivity index (χ0) is 19.5. The molecule has 140 valence electrons. The fourth-order valence-corrected chi connectivity index (χ4v) is 3.79. The molecule has 0 aliphatic heterocycles. The summed E-state index contributed by atoms with van der Waals surface area (Å²) in [6.07, 6.45) is 2.98. The van der Waals surface area contributed by atoms with E-state index in [2.05, 4.69) is 17.4 Å². The second-order valence-corrected chi connectivity index (χ2v) is 6.97. The highest BCUT2D eigenvalue weighted by atomic mass is 16.6. The van der Waals surface area contributed by atoms with Gasteiger partial charge in [-0.05, 0) is 42.5 Å². The number of hydrogen-bond donors (Lipinski definition) is 1. The average Bonchev–Trinajstić information content (AvgIpc) is 2.74. The van der Waals surface area contributed by atoms with Gasteiger partial charge in [-0.2, -0.15) is 0 Å². The summed E-state index contributed by atoms with van der Waals surface area (Å²) in [6, 6.07) is 21.7. The van der Waals surface area contributed by atoms with Crippen LogP contribution >= 0.6 is 0 Å². The average molecular weight is 372 g/mol. The maximum atomic E-state index is 12.6. The molecule has 0 amide bonds. The summed E-state index contributed by atoms with van der Waals surface area (Å²) in [5, 5.41) is 15.0. The molecule has 0 spiro atoms. The number of rotatable bonds is 5. The Labute approximate surface area is 163 Å². The summed E-state index contributed by atoms with van der Waals surface area (Å²) in [7, 11) is 0. The minimum atomic E-state index is -0.432. The molecular weight excluding hydrogens is 352 g/mol. The zero-order valence-corrected chi connectivity index (χ0v) is 15.3. The van der Waals surface area contributed by atoms with Gasteiger partial charge < -0.3 is 5.32 Å². The number of fused-ring (bicyclic) bond motifs is 1. The van der Waals surface area contributed by atoms with Gasteiger partial charge in [0.05, 0.1) is 11.0 Å². The predicted molar refractivity (Wildman–Crippen MR) is 109 cm³/mol. The first-order chi connectivity index (χ1) is 13.6. The van der Waals surface area contributed by atoms with E-state index in [-0.39, 0.29) is 17.5 Å². The molecule has 0 unspecified atom stereocenters. The third kappa shape index (κ3) is 3.51. The molecule has 0 heterocycles. The van der Waals surface area contributed by atoms with Gasteiger partial charge in [0.1, 0.15) is 5.69 Å². The number of nitrogens with zero attached hydrogens (tertiary/aromatic N) is 1. The van der Waals surface area contributed by atoms with Crippen LogP contribution in [0.4, 0.5) is 11.4 Å². The lowest BCUT2D eigenvalue weighted by molar-refractivity contribution is -0.384. The Morgan fingerprint density at radius 2 is 1.71 bits per heavy atom. The topological polar surface area (TPSA) is 72.2 Å². The van der Waals surface area contributed by atoms with Gasteiger partial charge >= 0.3 is 0 Å². The van der Waals surface area contributed by atoms with Crippen molar-refractivity contribution in [1.82, 2.24) is 0 Å². The van der Waals surface area contributed by atoms with Crippen molar-refractivity contribution in [2.75, 3.05) is 5.32 Å². The molecule has 1 aliphatic carbocycles. The number of nitro benzene ring substituents is 1. The number of anilines is 1. The van der Waals surface area contributed by atoms with Gasteiger partial charge in [-0.1, -0.05) is 54.6 Å². The van der Waals surface area contributed by atoms with E-state index < -0.39 is 4.92 Å². The van der Waals surface area contributed by atoms with Gasteiger partial charge in [0.2, 0.25) is 0 Å². The molecular formula is C23H20N2O3. The van der Waals surface area contributed by atoms with Crippen molar-refractivity contribution in [2.45, 2.75) is 25.3 Å². The van der Waals surface area contributed by atoms with Gasteiger partial charge in [-0.3, -0.25) is 14.9 Å². The van der Waals surface area contributed by atoms with E-state index in [1.54, 1.807) is 36.4 Å². The lowest BCUT2D eigenvalue weighted by Gasteiger charge is -2.27. The Balaban J connectivity index is 1.65. The van der Waals surface area contributed by atoms with Crippen LogP contribution in [0.3, 0.4) is 0 Å². The predicted octanol–water partition coefficient (Wildman–Crippen LogP) is 5.32. The van der Waals surface area contributed by atoms with Crippen molar-refractivity contribution in [3.8, 4) is 0 Å². The number of carbonyl (C=O) groups is 1. The highest BCUT2D eigenvalue weighted by Gasteiger charge is 2.24. The number of hydrogen-bond acceptors (Lipinski definition) is 4. The molecule has 28 heavy (non-hydrogen) atoms. The summed E-state index contributed by atoms with van der Waals surface area (Å²) in [6.45, 7) is 0. The quantitative estimate of drug-likeness (QED) is 0.374. The fraction of sp³-hybridized carbons (Fsp3) is 0.174. The Morgan fingerprint density at radius 1 is 0.964 bits per heavy atom. The molecule has 0 fully saturated rings. The smallest absolute Gasteiger partial charge is 0.293 e. The number of aryl methyl sites for hydroxylation is 1. The van der Waals surface area contributed by atoms with Gasteiger partial charge in [0.25, 0.3) is 5.69 Å². The van der Waals surface area contributed by atoms with Crippen LogP contribution < -0.4 is 5.32 Å². The van der Waals surface area contributed by atoms with Crippen molar-refractivity contribution in [3.05, 3.63) is 105 Å². The fourth-order valence-electron chi connectivity index (χ4n) is 3.79. The first-order valence-electron chi connectivity index (χ1n) is 9.36. The number of benzene rings is 3. The van der Waals surface area contributed by atoms with E-state index in [9.17, 15) is 14.9 Å². The van der Waals surface area contributed by atoms with Gasteiger partial charge in [-0.15, -0.1) is 0 Å². The molecule has 0 aromatic heterocycles. The summed E-state index contributed by atoms with van der Waals surface area (Å²) >= 11 is 0. The summed E-state index contributed by atoms with van der Waals surface area (Å²) in [4.78, 5) is 23.9. The Kier molecular flexibility index (Phi) is 4.89. The van der Waals surface area contributed by atoms with E-state index in [0.717, 1.165) is 19.3 Å². The number of nitrogens with one attached hydrogen (secondary N) is 1. The summed E-state index contributed by atoms with van der Waals surface area (Å²) < 4.78 is 0. The van der Waals surface area contributed by atoms with Crippen molar-refractivity contribution in [2.24, 2.45) is 0 Å². The van der Waals surface area contributed by atoms with E-state index in [1.165, 1.54) is 17.2 Å². The third-order valence-electron chi connectivity index (χ3n) is 5.19. The van der Waals surface area contributed by atoms with Crippen LogP contribution in [-0.4, -0.2) is 10.7 Å². The normalized spacial score (nSPS) is 15.5. The molecule has 0 radical (unpaired) electrons. The van der Waals surface area contributed by atoms with Gasteiger partial charge in [-0.25, -0.2) is 0 Å². The highest BCUT2D eigenvalue weighted by molar-refractivity contribution is 6.09. The standard InChI is InChI=1S/C23H20N2O3/c26-23(17-8-2-1-3-9-17)18-13-14-21(22(15-18)25(27)28)24-20-12-6-10-16-7-4-5-11-19(16)20/h1-5,7-9,11,13-15,20,24H,6,10,12H2/t20-/m1/s1. The number of nitro groups is 1. The molecule has 1 aliphatic rings. The summed E-state index contributed by atoms with van der Waals surface area (Å²) in [5.41, 5.74) is 3.66. The van der Waals surface area contributed by atoms with Crippen LogP contribution in [-0.2, 0) is 6.42 Å². The van der Waals surface area contributed by atoms with E-state index in [0.29, 0.717) is 16.8 Å². The van der Waals surface area contributed by atoms with E-state index in [4.69, 9.17) is 0 Å². The van der Waals surface area contributed by atoms with Crippen molar-refractivity contribution < 1.29 is 9.72 Å². The molecule has 5 nitrogen and oxygen atoms in total. The van der Waals surface area contributed by atoms with Crippen molar-refractivity contribution in [3.63, 3.8) is 0 Å². The molecule has 0 saturated carbocycles. The number of ketones is 1. The monoisotopic (exact) mass is 372 g/mol. The van der Waals surface area contributed by atoms with Crippen molar-refractivity contribution >= 4 is 17.2 Å². The Morgan fingerprint density at radius 3 is 2.50 bits per heavy atom. The van der Waals surface area contributed by atoms with Crippen LogP contribution in [0.15, 0.2) is 72.8 Å². The van der Waals surface area contributed by atoms with Crippen LogP contribution in [0, 0.1) is 10.1 Å². The van der Waals surface area contributed by atoms with E-state index >= 15 is 0 Å². The molecule has 3 aromatic carbocycles. The Hall–Kier alpha value is -3.47. The minimum Gasteiger partial charge on any atom is -0.373 e. The molecule has 1 atom stereocenters. The maximum absolute atomic E-state index is 12.6. The largest absolute Gasteiger partial charge is 0.373 e. The lowest BCUT2D eigenvalue weighted by atomic mass is 9.87. The van der Waals surface area contributed by atoms with Crippen LogP contribution in [0.1, 0.15) is 45.9 Å². The second kappa shape index (κ2) is 7.64. The maximum Gasteiger partial charge on any atom is 0.293 e. The van der Waals surface area contributed by atoms with Crippen LogP contribution in [0.5, 0.6) is 0 Å². The first-order valence-corrected chi connectivity index (χ1v) is 9.36. The minimum absolute atomic E-state index is 0.0272. The SMILES string of the molecule is O=C(c1ccccc1)c1ccc(N[C@@H]2CCCc3ccccc32)c([N+](=O)[O-])c1. The van der Waals surface area contributed by atoms with Gasteiger partial charge in [0, 0.05) is 17.2 Å². The molecule has 4 rings (SSSR count).